The van der Waals surface area contributed by atoms with E-state index < -0.39 is 41.7 Å². The van der Waals surface area contributed by atoms with Gasteiger partial charge in [0.2, 0.25) is 11.8 Å². The zero-order chi connectivity index (χ0) is 32.7. The monoisotopic (exact) mass is 624 g/mol. The third kappa shape index (κ3) is 6.79. The molecule has 3 aliphatic rings. The molecule has 0 saturated carbocycles. The van der Waals surface area contributed by atoms with Gasteiger partial charge in [-0.15, -0.1) is 13.2 Å². The number of carbonyl (C=O) groups is 4. The Balaban J connectivity index is 1.59. The van der Waals surface area contributed by atoms with Crippen LogP contribution in [0.1, 0.15) is 52.9 Å². The Hall–Kier alpha value is -3.70. The van der Waals surface area contributed by atoms with Crippen molar-refractivity contribution in [2.24, 2.45) is 11.8 Å². The number of ether oxygens (including phenoxy) is 2. The molecule has 2 N–H and O–H groups in total. The van der Waals surface area contributed by atoms with Gasteiger partial charge < -0.3 is 34.6 Å². The van der Waals surface area contributed by atoms with Gasteiger partial charge in [-0.1, -0.05) is 12.2 Å². The molecule has 0 aromatic heterocycles. The molecule has 3 aliphatic heterocycles. The number of aliphatic hydroxyl groups excluding tert-OH is 1. The molecule has 246 valence electrons. The minimum atomic E-state index is -1.19. The normalized spacial score (nSPS) is 25.4. The maximum Gasteiger partial charge on any atom is 0.312 e. The first-order chi connectivity index (χ1) is 21.7. The fourth-order valence-corrected chi connectivity index (χ4v) is 7.11. The molecule has 1 aromatic rings. The molecule has 11 heteroatoms. The molecule has 0 unspecified atom stereocenters. The first-order valence-electron chi connectivity index (χ1n) is 16.1. The number of esters is 1. The van der Waals surface area contributed by atoms with Crippen molar-refractivity contribution in [3.63, 3.8) is 0 Å². The molecular formula is C34H48N4O7. The van der Waals surface area contributed by atoms with Crippen LogP contribution in [0, 0.1) is 11.8 Å². The van der Waals surface area contributed by atoms with Crippen LogP contribution in [0.15, 0.2) is 49.6 Å². The second-order valence-electron chi connectivity index (χ2n) is 12.0. The Kier molecular flexibility index (Phi) is 11.4. The standard InChI is InChI=1S/C34H48N4O7/c1-6-10-12-27(40)35-22-23(5)44-33(43)28-26-17-18-34(45-26)29(28)31(41)38(20-11-21-39)30(34)32(42)37(19-7-2)25-15-13-24(14-16-25)36(8-3)9-4/h6-7,13-16,23,26,28-30,39H,1-2,8-12,17-22H2,3-5H3,(H,35,40)/t23-,26+,28-,29-,30+,34-/m0/s1. The molecule has 1 aromatic carbocycles. The molecule has 45 heavy (non-hydrogen) atoms. The van der Waals surface area contributed by atoms with Crippen molar-refractivity contribution >= 4 is 35.1 Å². The van der Waals surface area contributed by atoms with Crippen molar-refractivity contribution in [1.82, 2.24) is 10.2 Å². The van der Waals surface area contributed by atoms with E-state index in [4.69, 9.17) is 9.47 Å². The lowest BCUT2D eigenvalue weighted by atomic mass is 9.70. The summed E-state index contributed by atoms with van der Waals surface area (Å²) in [5.41, 5.74) is 0.511. The van der Waals surface area contributed by atoms with Gasteiger partial charge in [0.15, 0.2) is 0 Å². The van der Waals surface area contributed by atoms with Gasteiger partial charge in [0.25, 0.3) is 5.91 Å². The molecule has 11 nitrogen and oxygen atoms in total. The van der Waals surface area contributed by atoms with Gasteiger partial charge >= 0.3 is 5.97 Å². The first kappa shape index (κ1) is 34.2. The third-order valence-electron chi connectivity index (χ3n) is 9.21. The summed E-state index contributed by atoms with van der Waals surface area (Å²) >= 11 is 0. The molecule has 3 saturated heterocycles. The number of hydrogen-bond donors (Lipinski definition) is 2. The third-order valence-corrected chi connectivity index (χ3v) is 9.21. The predicted molar refractivity (Wildman–Crippen MR) is 172 cm³/mol. The maximum atomic E-state index is 14.6. The molecule has 6 atom stereocenters. The van der Waals surface area contributed by atoms with Crippen LogP contribution in [-0.2, 0) is 28.7 Å². The molecule has 4 rings (SSSR count). The predicted octanol–water partition coefficient (Wildman–Crippen LogP) is 2.82. The fraction of sp³-hybridized carbons (Fsp3) is 0.588. The summed E-state index contributed by atoms with van der Waals surface area (Å²) in [5.74, 6) is -3.16. The smallest absolute Gasteiger partial charge is 0.312 e. The molecule has 0 aliphatic carbocycles. The Labute approximate surface area is 266 Å². The summed E-state index contributed by atoms with van der Waals surface area (Å²) in [4.78, 5) is 59.6. The van der Waals surface area contributed by atoms with Crippen molar-refractivity contribution in [2.75, 3.05) is 49.1 Å². The van der Waals surface area contributed by atoms with Crippen LogP contribution < -0.4 is 15.1 Å². The Morgan fingerprint density at radius 1 is 1.18 bits per heavy atom. The minimum Gasteiger partial charge on any atom is -0.460 e. The second-order valence-corrected chi connectivity index (χ2v) is 12.0. The fourth-order valence-electron chi connectivity index (χ4n) is 7.11. The Morgan fingerprint density at radius 2 is 1.87 bits per heavy atom. The van der Waals surface area contributed by atoms with E-state index in [2.05, 4.69) is 37.2 Å². The SMILES string of the molecule is C=CCCC(=O)NC[C@H](C)OC(=O)[C@@H]1[C@H]2C(=O)N(CCCO)[C@H](C(=O)N(CC=C)c3ccc(N(CC)CC)cc3)[C@]23CC[C@H]1O3. The maximum absolute atomic E-state index is 14.6. The summed E-state index contributed by atoms with van der Waals surface area (Å²) in [6.45, 7) is 15.4. The highest BCUT2D eigenvalue weighted by molar-refractivity contribution is 6.04. The van der Waals surface area contributed by atoms with Gasteiger partial charge in [0, 0.05) is 50.6 Å². The molecule has 2 bridgehead atoms. The Morgan fingerprint density at radius 3 is 2.49 bits per heavy atom. The van der Waals surface area contributed by atoms with Crippen LogP contribution >= 0.6 is 0 Å². The molecule has 3 fully saturated rings. The lowest BCUT2D eigenvalue weighted by Crippen LogP contribution is -2.56. The van der Waals surface area contributed by atoms with E-state index in [1.54, 1.807) is 24.0 Å². The number of carbonyl (C=O) groups excluding carboxylic acids is 4. The van der Waals surface area contributed by atoms with Crippen LogP contribution in [-0.4, -0.2) is 96.9 Å². The van der Waals surface area contributed by atoms with E-state index in [9.17, 15) is 24.3 Å². The summed E-state index contributed by atoms with van der Waals surface area (Å²) in [5, 5.41) is 12.4. The van der Waals surface area contributed by atoms with Crippen LogP contribution in [0.25, 0.3) is 0 Å². The molecule has 3 heterocycles. The summed E-state index contributed by atoms with van der Waals surface area (Å²) in [6.07, 6.45) is 4.20. The van der Waals surface area contributed by atoms with E-state index in [-0.39, 0.29) is 50.4 Å². The van der Waals surface area contributed by atoms with Crippen LogP contribution in [0.2, 0.25) is 0 Å². The average Bonchev–Trinajstić information content (AvgIpc) is 3.68. The number of rotatable bonds is 17. The number of hydrogen-bond acceptors (Lipinski definition) is 8. The van der Waals surface area contributed by atoms with E-state index in [0.29, 0.717) is 31.4 Å². The molecule has 3 amide bonds. The van der Waals surface area contributed by atoms with Crippen molar-refractivity contribution in [1.29, 1.82) is 0 Å². The summed E-state index contributed by atoms with van der Waals surface area (Å²) in [7, 11) is 0. The van der Waals surface area contributed by atoms with Crippen molar-refractivity contribution in [2.45, 2.75) is 76.7 Å². The number of amides is 3. The topological polar surface area (TPSA) is 129 Å². The number of benzene rings is 1. The van der Waals surface area contributed by atoms with Gasteiger partial charge in [0.1, 0.15) is 17.7 Å². The van der Waals surface area contributed by atoms with E-state index in [0.717, 1.165) is 18.8 Å². The summed E-state index contributed by atoms with van der Waals surface area (Å²) in [6, 6.07) is 6.76. The van der Waals surface area contributed by atoms with E-state index >= 15 is 0 Å². The largest absolute Gasteiger partial charge is 0.460 e. The number of anilines is 2. The van der Waals surface area contributed by atoms with Gasteiger partial charge in [-0.3, -0.25) is 19.2 Å². The van der Waals surface area contributed by atoms with Crippen LogP contribution in [0.5, 0.6) is 0 Å². The van der Waals surface area contributed by atoms with Crippen LogP contribution in [0.3, 0.4) is 0 Å². The molecular weight excluding hydrogens is 576 g/mol. The first-order valence-corrected chi connectivity index (χ1v) is 16.1. The van der Waals surface area contributed by atoms with Crippen molar-refractivity contribution in [3.8, 4) is 0 Å². The Bertz CT molecular complexity index is 1250. The number of allylic oxidation sites excluding steroid dienone is 1. The lowest BCUT2D eigenvalue weighted by Gasteiger charge is -2.37. The van der Waals surface area contributed by atoms with Crippen molar-refractivity contribution in [3.05, 3.63) is 49.6 Å². The van der Waals surface area contributed by atoms with Gasteiger partial charge in [-0.2, -0.15) is 0 Å². The van der Waals surface area contributed by atoms with Gasteiger partial charge in [0.05, 0.1) is 24.5 Å². The second kappa shape index (κ2) is 15.1. The number of fused-ring (bicyclic) bond motifs is 1. The van der Waals surface area contributed by atoms with Crippen molar-refractivity contribution < 1.29 is 33.8 Å². The molecule has 1 spiro atoms. The van der Waals surface area contributed by atoms with Gasteiger partial charge in [-0.05, 0) is 70.7 Å². The van der Waals surface area contributed by atoms with E-state index in [1.165, 1.54) is 4.90 Å². The summed E-state index contributed by atoms with van der Waals surface area (Å²) < 4.78 is 12.2. The zero-order valence-electron chi connectivity index (χ0n) is 26.8. The van der Waals surface area contributed by atoms with E-state index in [1.807, 2.05) is 24.3 Å². The lowest BCUT2D eigenvalue weighted by molar-refractivity contribution is -0.159. The number of nitrogens with one attached hydrogen (secondary N) is 1. The highest BCUT2D eigenvalue weighted by Gasteiger charge is 2.75. The van der Waals surface area contributed by atoms with Crippen LogP contribution in [0.4, 0.5) is 11.4 Å². The number of likely N-dealkylation sites (tertiary alicyclic amines) is 1. The zero-order valence-corrected chi connectivity index (χ0v) is 26.8. The quantitative estimate of drug-likeness (QED) is 0.200. The highest BCUT2D eigenvalue weighted by Crippen LogP contribution is 2.59. The number of nitrogens with zero attached hydrogens (tertiary/aromatic N) is 3. The number of aliphatic hydroxyl groups is 1. The molecule has 0 radical (unpaired) electrons. The minimum absolute atomic E-state index is 0.136. The van der Waals surface area contributed by atoms with Gasteiger partial charge in [-0.25, -0.2) is 0 Å². The average molecular weight is 625 g/mol. The highest BCUT2D eigenvalue weighted by atomic mass is 16.6.